The molecule has 4 rings (SSSR count). The zero-order valence-corrected chi connectivity index (χ0v) is 15.4. The van der Waals surface area contributed by atoms with E-state index in [0.29, 0.717) is 22.9 Å². The van der Waals surface area contributed by atoms with Gasteiger partial charge in [0, 0.05) is 31.3 Å². The van der Waals surface area contributed by atoms with Gasteiger partial charge < -0.3 is 10.2 Å². The minimum Gasteiger partial charge on any atom is -0.346 e. The smallest absolute Gasteiger partial charge is 0.272 e. The molecule has 0 saturated carbocycles. The van der Waals surface area contributed by atoms with E-state index in [4.69, 9.17) is 11.6 Å². The van der Waals surface area contributed by atoms with Crippen LogP contribution in [0.2, 0.25) is 5.02 Å². The first-order valence-electron chi connectivity index (χ1n) is 8.95. The number of nitrogens with one attached hydrogen (secondary N) is 1. The topological polar surface area (TPSA) is 67.2 Å². The van der Waals surface area contributed by atoms with E-state index in [1.165, 1.54) is 0 Å². The third kappa shape index (κ3) is 2.98. The molecule has 2 aliphatic rings. The molecule has 1 aliphatic heterocycles. The average molecular weight is 373 g/mol. The van der Waals surface area contributed by atoms with Crippen LogP contribution in [-0.2, 0) is 24.7 Å². The first-order chi connectivity index (χ1) is 12.5. The van der Waals surface area contributed by atoms with Gasteiger partial charge in [-0.15, -0.1) is 0 Å². The quantitative estimate of drug-likeness (QED) is 0.900. The Morgan fingerprint density at radius 1 is 1.27 bits per heavy atom. The van der Waals surface area contributed by atoms with Gasteiger partial charge in [0.05, 0.1) is 16.8 Å². The molecular weight excluding hydrogens is 352 g/mol. The van der Waals surface area contributed by atoms with Crippen LogP contribution in [0.25, 0.3) is 0 Å². The van der Waals surface area contributed by atoms with Gasteiger partial charge in [0.1, 0.15) is 0 Å². The zero-order chi connectivity index (χ0) is 18.3. The summed E-state index contributed by atoms with van der Waals surface area (Å²) in [6.07, 6.45) is 4.35. The van der Waals surface area contributed by atoms with Gasteiger partial charge in [-0.25, -0.2) is 0 Å². The van der Waals surface area contributed by atoms with E-state index in [1.54, 1.807) is 11.0 Å². The second-order valence-corrected chi connectivity index (χ2v) is 7.34. The van der Waals surface area contributed by atoms with Crippen molar-refractivity contribution in [3.63, 3.8) is 0 Å². The monoisotopic (exact) mass is 372 g/mol. The minimum absolute atomic E-state index is 0.0357. The van der Waals surface area contributed by atoms with Gasteiger partial charge in [-0.3, -0.25) is 14.3 Å². The van der Waals surface area contributed by atoms with Crippen LogP contribution in [0.5, 0.6) is 0 Å². The van der Waals surface area contributed by atoms with E-state index >= 15 is 0 Å². The molecule has 1 atom stereocenters. The second-order valence-electron chi connectivity index (χ2n) is 6.93. The summed E-state index contributed by atoms with van der Waals surface area (Å²) in [7, 11) is 1.89. The molecule has 2 amide bonds. The van der Waals surface area contributed by atoms with Gasteiger partial charge in [0.2, 0.25) is 5.91 Å². The Hall–Kier alpha value is -2.34. The van der Waals surface area contributed by atoms with E-state index < -0.39 is 0 Å². The van der Waals surface area contributed by atoms with Crippen molar-refractivity contribution in [1.82, 2.24) is 15.1 Å². The number of benzene rings is 1. The first-order valence-corrected chi connectivity index (χ1v) is 9.33. The number of para-hydroxylation sites is 1. The number of aryl methyl sites for hydroxylation is 1. The van der Waals surface area contributed by atoms with Crippen LogP contribution in [0.1, 0.15) is 41.0 Å². The number of hydrogen-bond donors (Lipinski definition) is 1. The number of carbonyl (C=O) groups is 2. The maximum atomic E-state index is 12.8. The molecule has 2 aromatic rings. The molecular formula is C19H21ClN4O2. The number of carbonyl (C=O) groups excluding carboxylic acids is 2. The first kappa shape index (κ1) is 17.1. The van der Waals surface area contributed by atoms with Crippen LogP contribution < -0.4 is 10.2 Å². The average Bonchev–Trinajstić information content (AvgIpc) is 3.16. The summed E-state index contributed by atoms with van der Waals surface area (Å²) >= 11 is 6.21. The molecule has 0 bridgehead atoms. The van der Waals surface area contributed by atoms with Gasteiger partial charge >= 0.3 is 0 Å². The third-order valence-electron chi connectivity index (χ3n) is 5.18. The Kier molecular flexibility index (Phi) is 4.44. The molecule has 1 N–H and O–H groups in total. The van der Waals surface area contributed by atoms with Gasteiger partial charge in [-0.2, -0.15) is 5.10 Å². The highest BCUT2D eigenvalue weighted by atomic mass is 35.5. The molecule has 6 nitrogen and oxygen atoms in total. The Bertz CT molecular complexity index is 876. The van der Waals surface area contributed by atoms with E-state index in [0.717, 1.165) is 36.9 Å². The van der Waals surface area contributed by atoms with E-state index in [-0.39, 0.29) is 24.3 Å². The lowest BCUT2D eigenvalue weighted by Gasteiger charge is -2.18. The number of anilines is 1. The number of rotatable bonds is 3. The molecule has 0 radical (unpaired) electrons. The number of halogens is 1. The van der Waals surface area contributed by atoms with Crippen molar-refractivity contribution in [1.29, 1.82) is 0 Å². The largest absolute Gasteiger partial charge is 0.346 e. The lowest BCUT2D eigenvalue weighted by Crippen LogP contribution is -2.37. The van der Waals surface area contributed by atoms with Gasteiger partial charge in [-0.05, 0) is 37.8 Å². The molecule has 2 heterocycles. The fraction of sp³-hybridized carbons (Fsp3) is 0.421. The van der Waals surface area contributed by atoms with E-state index in [9.17, 15) is 9.59 Å². The standard InChI is InChI=1S/C19H21ClN4O2/c1-23-15-8-4-2-6-13(15)18(22-23)19(26)21-12-10-17(25)24(11-12)16-9-5-3-7-14(16)20/h3,5,7,9,12H,2,4,6,8,10-11H2,1H3,(H,21,26)/t12-/m1/s1. The van der Waals surface area contributed by atoms with Crippen molar-refractivity contribution < 1.29 is 9.59 Å². The van der Waals surface area contributed by atoms with E-state index in [2.05, 4.69) is 10.4 Å². The van der Waals surface area contributed by atoms with Gasteiger partial charge in [-0.1, -0.05) is 23.7 Å². The minimum atomic E-state index is -0.243. The predicted molar refractivity (Wildman–Crippen MR) is 99.5 cm³/mol. The van der Waals surface area contributed by atoms with Gasteiger partial charge in [0.25, 0.3) is 5.91 Å². The van der Waals surface area contributed by atoms with Crippen molar-refractivity contribution in [2.75, 3.05) is 11.4 Å². The summed E-state index contributed by atoms with van der Waals surface area (Å²) in [6.45, 7) is 0.420. The number of amides is 2. The molecule has 0 unspecified atom stereocenters. The van der Waals surface area contributed by atoms with Crippen LogP contribution in [0, 0.1) is 0 Å². The molecule has 1 aliphatic carbocycles. The van der Waals surface area contributed by atoms with Crippen molar-refractivity contribution >= 4 is 29.1 Å². The highest BCUT2D eigenvalue weighted by Crippen LogP contribution is 2.29. The van der Waals surface area contributed by atoms with Crippen molar-refractivity contribution in [3.05, 3.63) is 46.2 Å². The summed E-state index contributed by atoms with van der Waals surface area (Å²) in [6, 6.07) is 7.01. The molecule has 136 valence electrons. The molecule has 1 aromatic heterocycles. The van der Waals surface area contributed by atoms with Crippen LogP contribution in [0.4, 0.5) is 5.69 Å². The second kappa shape index (κ2) is 6.76. The van der Waals surface area contributed by atoms with E-state index in [1.807, 2.05) is 29.9 Å². The summed E-state index contributed by atoms with van der Waals surface area (Å²) in [5.74, 6) is -0.228. The Balaban J connectivity index is 1.50. The van der Waals surface area contributed by atoms with Crippen LogP contribution >= 0.6 is 11.6 Å². The zero-order valence-electron chi connectivity index (χ0n) is 14.7. The van der Waals surface area contributed by atoms with Crippen LogP contribution in [-0.4, -0.2) is 34.2 Å². The lowest BCUT2D eigenvalue weighted by molar-refractivity contribution is -0.117. The summed E-state index contributed by atoms with van der Waals surface area (Å²) in [5, 5.41) is 7.95. The van der Waals surface area contributed by atoms with Crippen molar-refractivity contribution in [3.8, 4) is 0 Å². The summed E-state index contributed by atoms with van der Waals surface area (Å²) < 4.78 is 1.82. The SMILES string of the molecule is Cn1nc(C(=O)N[C@@H]2CC(=O)N(c3ccccc3Cl)C2)c2c1CCCC2. The third-order valence-corrected chi connectivity index (χ3v) is 5.50. The summed E-state index contributed by atoms with van der Waals surface area (Å²) in [4.78, 5) is 26.8. The lowest BCUT2D eigenvalue weighted by atomic mass is 9.95. The fourth-order valence-electron chi connectivity index (χ4n) is 3.92. The van der Waals surface area contributed by atoms with Crippen LogP contribution in [0.15, 0.2) is 24.3 Å². The predicted octanol–water partition coefficient (Wildman–Crippen LogP) is 2.49. The Morgan fingerprint density at radius 2 is 2.04 bits per heavy atom. The number of fused-ring (bicyclic) bond motifs is 1. The Morgan fingerprint density at radius 3 is 2.85 bits per heavy atom. The molecule has 7 heteroatoms. The van der Waals surface area contributed by atoms with Crippen molar-refractivity contribution in [2.24, 2.45) is 7.05 Å². The molecule has 1 fully saturated rings. The Labute approximate surface area is 157 Å². The molecule has 26 heavy (non-hydrogen) atoms. The molecule has 1 saturated heterocycles. The number of nitrogens with zero attached hydrogens (tertiary/aromatic N) is 3. The molecule has 0 spiro atoms. The van der Waals surface area contributed by atoms with Gasteiger partial charge in [0.15, 0.2) is 5.69 Å². The highest BCUT2D eigenvalue weighted by molar-refractivity contribution is 6.33. The molecule has 1 aromatic carbocycles. The van der Waals surface area contributed by atoms with Crippen LogP contribution in [0.3, 0.4) is 0 Å². The maximum absolute atomic E-state index is 12.8. The highest BCUT2D eigenvalue weighted by Gasteiger charge is 2.34. The number of aromatic nitrogens is 2. The summed E-state index contributed by atoms with van der Waals surface area (Å²) in [5.41, 5.74) is 3.40. The van der Waals surface area contributed by atoms with Crippen molar-refractivity contribution in [2.45, 2.75) is 38.1 Å². The fourth-order valence-corrected chi connectivity index (χ4v) is 4.15. The number of hydrogen-bond acceptors (Lipinski definition) is 3. The maximum Gasteiger partial charge on any atom is 0.272 e. The normalized spacial score (nSPS) is 19.5.